The van der Waals surface area contributed by atoms with E-state index in [-0.39, 0.29) is 43.6 Å². The van der Waals surface area contributed by atoms with Crippen LogP contribution in [0.3, 0.4) is 0 Å². The molecule has 0 aliphatic carbocycles. The fraction of sp³-hybridized carbons (Fsp3) is 0.829. The molecule has 5 N–H and O–H groups in total. The largest absolute Gasteiger partial charge is 1.00 e. The second kappa shape index (κ2) is 33.9. The van der Waals surface area contributed by atoms with E-state index in [0.29, 0.717) is 0 Å². The maximum absolute atomic E-state index is 11.7. The minimum atomic E-state index is -1.32. The molecule has 1 fully saturated rings. The topological polar surface area (TPSA) is 251 Å². The van der Waals surface area contributed by atoms with E-state index in [2.05, 4.69) is 10.1 Å². The number of likely N-dealkylation sites (N-methyl/N-ethyl adjacent to an activating group) is 2. The van der Waals surface area contributed by atoms with Crippen LogP contribution in [-0.4, -0.2) is 151 Å². The van der Waals surface area contributed by atoms with E-state index >= 15 is 0 Å². The number of nitrogens with two attached hydrogens (primary N) is 1. The molecule has 0 bridgehead atoms. The Morgan fingerprint density at radius 3 is 1.24 bits per heavy atom. The van der Waals surface area contributed by atoms with Crippen LogP contribution in [0.5, 0.6) is 0 Å². The standard InChI is InChI=1S/C11H21NO4.C10H19NO3.C9H17NO4.C4H9NO2.C4H8O.CH3F.2CH4.B.Li.H/c1-10(2,3)16-9(14)12(6)11(4,5)8(13)15-7;1-9(2,3)14-8(13)11(6)10(4,5)7-12;1-8(2,3)14-7(13)10-9(4,5)6(11)12;1-4(2,5)3(6)7;1-2-4-5-3-1;1-2;;;;;/h1-7H3;7H,1-6H3;1-5H3,(H,10,13)(H,11,12);5H2,1-2H3,(H,6,7);1-4H2;1H3;2*1H4;;;/q;;;;;;;;;+1;-1/i;;;;;1D;;;;;. The summed E-state index contributed by atoms with van der Waals surface area (Å²) < 4.78 is 40.3. The summed E-state index contributed by atoms with van der Waals surface area (Å²) >= 11 is 0. The van der Waals surface area contributed by atoms with Gasteiger partial charge in [0.1, 0.15) is 39.7 Å². The van der Waals surface area contributed by atoms with Gasteiger partial charge in [0.15, 0.2) is 0 Å². The SMILES string of the molecule is C.C.C1CCOC1.CC(C)(C)OC(=O)NC(C)(C)C(=O)O.CC(C)(N)C(=O)O.CN(C(=O)OC(C)(C)C)C(C)(C)C=O.COC(=O)C(C)(C)N(C)C(=O)OC(C)(C)C.[2H]CF.[B].[H-].[Li+]. The first-order valence-electron chi connectivity index (χ1n) is 18.9. The molecule has 0 atom stereocenters. The number of methoxy groups -OCH3 is 1. The zero-order valence-electron chi connectivity index (χ0n) is 42.3. The number of carboxylic acids is 2. The Hall–Kier alpha value is -3.60. The van der Waals surface area contributed by atoms with E-state index in [0.717, 1.165) is 19.5 Å². The van der Waals surface area contributed by atoms with Crippen LogP contribution in [0.25, 0.3) is 0 Å². The summed E-state index contributed by atoms with van der Waals surface area (Å²) in [5.41, 5.74) is -0.947. The number of alkyl carbamates (subject to hydrolysis) is 1. The third kappa shape index (κ3) is 41.7. The number of carbonyl (C=O) groups excluding carboxylic acids is 5. The molecule has 0 saturated carbocycles. The van der Waals surface area contributed by atoms with Gasteiger partial charge < -0.3 is 51.2 Å². The molecule has 18 nitrogen and oxygen atoms in total. The van der Waals surface area contributed by atoms with Crippen molar-refractivity contribution in [2.45, 2.75) is 184 Å². The van der Waals surface area contributed by atoms with Gasteiger partial charge in [-0.25, -0.2) is 24.0 Å². The number of aldehydes is 1. The first kappa shape index (κ1) is 75.8. The Morgan fingerprint density at radius 1 is 0.726 bits per heavy atom. The zero-order valence-corrected chi connectivity index (χ0v) is 40.3. The molecule has 365 valence electrons. The smallest absolute Gasteiger partial charge is 1.00 e. The van der Waals surface area contributed by atoms with E-state index in [1.807, 2.05) is 0 Å². The molecule has 0 aromatic carbocycles. The molecule has 1 rings (SSSR count). The van der Waals surface area contributed by atoms with Crippen LogP contribution in [-0.2, 0) is 42.9 Å². The number of rotatable bonds is 7. The average Bonchev–Trinajstić information content (AvgIpc) is 3.62. The van der Waals surface area contributed by atoms with Crippen molar-refractivity contribution in [2.24, 2.45) is 5.73 Å². The van der Waals surface area contributed by atoms with Gasteiger partial charge in [-0.1, -0.05) is 14.9 Å². The molecular weight excluding hydrogens is 809 g/mol. The molecule has 0 spiro atoms. The zero-order chi connectivity index (χ0) is 48.6. The predicted octanol–water partition coefficient (Wildman–Crippen LogP) is 4.21. The number of amides is 3. The van der Waals surface area contributed by atoms with Gasteiger partial charge in [0.25, 0.3) is 0 Å². The summed E-state index contributed by atoms with van der Waals surface area (Å²) in [5, 5.41) is 19.1. The van der Waals surface area contributed by atoms with Crippen molar-refractivity contribution in [3.8, 4) is 0 Å². The van der Waals surface area contributed by atoms with E-state index in [9.17, 15) is 38.0 Å². The summed E-state index contributed by atoms with van der Waals surface area (Å²) in [7, 11) is 3.33. The van der Waals surface area contributed by atoms with Gasteiger partial charge in [-0.15, -0.1) is 0 Å². The second-order valence-electron chi connectivity index (χ2n) is 17.8. The molecule has 3 radical (unpaired) electrons. The van der Waals surface area contributed by atoms with E-state index < -0.39 is 82.3 Å². The molecule has 1 aliphatic heterocycles. The molecule has 1 aliphatic rings. The molecular formula is C41H86BFLiN4O14. The number of carbonyl (C=O) groups is 7. The first-order chi connectivity index (χ1) is 26.0. The number of halogens is 1. The number of nitrogens with one attached hydrogen (secondary N) is 1. The molecule has 1 heterocycles. The van der Waals surface area contributed by atoms with Gasteiger partial charge in [-0.3, -0.25) is 19.0 Å². The van der Waals surface area contributed by atoms with E-state index in [4.69, 9.17) is 36.3 Å². The maximum Gasteiger partial charge on any atom is 1.00 e. The molecule has 62 heavy (non-hydrogen) atoms. The Bertz CT molecular complexity index is 1310. The predicted molar refractivity (Wildman–Crippen MR) is 239 cm³/mol. The van der Waals surface area contributed by atoms with Crippen LogP contribution < -0.4 is 29.9 Å². The second-order valence-corrected chi connectivity index (χ2v) is 17.8. The number of carboxylic acid groups (broad SMARTS) is 2. The van der Waals surface area contributed by atoms with Crippen LogP contribution in [0.2, 0.25) is 0 Å². The van der Waals surface area contributed by atoms with Crippen molar-refractivity contribution in [3.05, 3.63) is 0 Å². The van der Waals surface area contributed by atoms with Crippen molar-refractivity contribution in [3.63, 3.8) is 0 Å². The summed E-state index contributed by atoms with van der Waals surface area (Å²) in [4.78, 5) is 79.6. The van der Waals surface area contributed by atoms with Gasteiger partial charge in [-0.05, 0) is 131 Å². The van der Waals surface area contributed by atoms with Crippen molar-refractivity contribution < 1.29 is 93.5 Å². The Labute approximate surface area is 390 Å². The fourth-order valence-corrected chi connectivity index (χ4v) is 2.71. The van der Waals surface area contributed by atoms with Crippen molar-refractivity contribution in [2.75, 3.05) is 41.6 Å². The number of hydrogen-bond acceptors (Lipinski definition) is 13. The van der Waals surface area contributed by atoms with Crippen LogP contribution in [0.1, 0.15) is 148 Å². The van der Waals surface area contributed by atoms with Crippen LogP contribution >= 0.6 is 0 Å². The number of hydrogen-bond donors (Lipinski definition) is 4. The third-order valence-corrected chi connectivity index (χ3v) is 6.74. The van der Waals surface area contributed by atoms with Gasteiger partial charge in [0, 0.05) is 35.7 Å². The summed E-state index contributed by atoms with van der Waals surface area (Å²) in [5.74, 6) is -2.57. The summed E-state index contributed by atoms with van der Waals surface area (Å²) in [6.07, 6.45) is 1.50. The van der Waals surface area contributed by atoms with Crippen LogP contribution in [0, 0.1) is 0 Å². The monoisotopic (exact) mass is 897 g/mol. The molecule has 0 aromatic rings. The van der Waals surface area contributed by atoms with E-state index in [1.165, 1.54) is 64.5 Å². The number of ether oxygens (including phenoxy) is 5. The number of aliphatic carboxylic acids is 2. The van der Waals surface area contributed by atoms with Crippen molar-refractivity contribution in [1.29, 1.82) is 0 Å². The number of esters is 1. The van der Waals surface area contributed by atoms with Crippen LogP contribution in [0.15, 0.2) is 0 Å². The number of nitrogens with zero attached hydrogens (tertiary/aromatic N) is 2. The Kier molecular flexibility index (Phi) is 41.4. The van der Waals surface area contributed by atoms with Crippen LogP contribution in [0.4, 0.5) is 18.8 Å². The van der Waals surface area contributed by atoms with Gasteiger partial charge in [-0.2, -0.15) is 0 Å². The Morgan fingerprint density at radius 2 is 1.03 bits per heavy atom. The first-order valence-corrected chi connectivity index (χ1v) is 18.2. The fourth-order valence-electron chi connectivity index (χ4n) is 2.71. The van der Waals surface area contributed by atoms with Gasteiger partial charge in [0.05, 0.1) is 21.2 Å². The van der Waals surface area contributed by atoms with Crippen molar-refractivity contribution in [1.82, 2.24) is 15.1 Å². The maximum atomic E-state index is 11.7. The van der Waals surface area contributed by atoms with E-state index in [1.54, 1.807) is 97.1 Å². The van der Waals surface area contributed by atoms with Crippen molar-refractivity contribution >= 4 is 50.9 Å². The Balaban J connectivity index is -0.0000000712. The van der Waals surface area contributed by atoms with Gasteiger partial charge in [0.2, 0.25) is 0 Å². The summed E-state index contributed by atoms with van der Waals surface area (Å²) in [6, 6.07) is 0. The minimum Gasteiger partial charge on any atom is -1.00 e. The van der Waals surface area contributed by atoms with Gasteiger partial charge >= 0.3 is 55.0 Å². The molecule has 1 saturated heterocycles. The quantitative estimate of drug-likeness (QED) is 0.121. The molecule has 21 heteroatoms. The third-order valence-electron chi connectivity index (χ3n) is 6.74. The molecule has 3 amide bonds. The average molecular weight is 897 g/mol. The summed E-state index contributed by atoms with van der Waals surface area (Å²) in [6.45, 7) is 30.0. The molecule has 0 unspecified atom stereocenters. The molecule has 0 aromatic heterocycles. The normalized spacial score (nSPS) is 12.1. The minimum absolute atomic E-state index is 0. The number of alkyl halides is 1.